The second kappa shape index (κ2) is 7.69. The number of ketones is 1. The van der Waals surface area contributed by atoms with Gasteiger partial charge in [-0.15, -0.1) is 0 Å². The molecule has 0 aromatic carbocycles. The Bertz CT molecular complexity index is 786. The highest BCUT2D eigenvalue weighted by atomic mass is 16.3. The number of hydrogen-bond acceptors (Lipinski definition) is 2. The highest BCUT2D eigenvalue weighted by molar-refractivity contribution is 5.82. The van der Waals surface area contributed by atoms with E-state index >= 15 is 0 Å². The zero-order valence-corrected chi connectivity index (χ0v) is 22.2. The van der Waals surface area contributed by atoms with Crippen LogP contribution >= 0.6 is 0 Å². The summed E-state index contributed by atoms with van der Waals surface area (Å²) in [5, 5.41) is 10.4. The van der Waals surface area contributed by atoms with Gasteiger partial charge >= 0.3 is 0 Å². The molecule has 32 heavy (non-hydrogen) atoms. The summed E-state index contributed by atoms with van der Waals surface area (Å²) in [7, 11) is 0. The minimum Gasteiger partial charge on any atom is -0.389 e. The molecule has 4 aliphatic carbocycles. The first kappa shape index (κ1) is 24.5. The van der Waals surface area contributed by atoms with Gasteiger partial charge in [0.1, 0.15) is 5.78 Å². The highest BCUT2D eigenvalue weighted by Crippen LogP contribution is 2.75. The van der Waals surface area contributed by atoms with Crippen molar-refractivity contribution in [3.05, 3.63) is 12.2 Å². The number of Topliss-reactive ketones (excluding diaryl/α,β-unsaturated/α-hetero) is 1. The predicted molar refractivity (Wildman–Crippen MR) is 133 cm³/mol. The zero-order chi connectivity index (χ0) is 23.7. The van der Waals surface area contributed by atoms with Crippen LogP contribution in [-0.4, -0.2) is 17.0 Å². The SMILES string of the molecule is C=C(C)[C@H](O)CC[C@]1(C)CC[C@]2(C)[C@H]3CC[C@@]4(C)[C@@H](CCC(=O)[C@@H]4C)[C@]3(C)CC[C@@]2(C)C1. The Morgan fingerprint density at radius 3 is 2.34 bits per heavy atom. The van der Waals surface area contributed by atoms with Crippen molar-refractivity contribution >= 4 is 5.78 Å². The van der Waals surface area contributed by atoms with Crippen LogP contribution < -0.4 is 0 Å². The summed E-state index contributed by atoms with van der Waals surface area (Å²) in [5.74, 6) is 2.22. The third-order valence-corrected chi connectivity index (χ3v) is 12.5. The number of fused-ring (bicyclic) bond motifs is 5. The van der Waals surface area contributed by atoms with Gasteiger partial charge in [-0.25, -0.2) is 0 Å². The van der Waals surface area contributed by atoms with Crippen LogP contribution in [0, 0.1) is 44.8 Å². The molecule has 182 valence electrons. The molecule has 9 atom stereocenters. The summed E-state index contributed by atoms with van der Waals surface area (Å²) in [5.41, 5.74) is 2.57. The number of rotatable bonds is 4. The highest BCUT2D eigenvalue weighted by Gasteiger charge is 2.67. The smallest absolute Gasteiger partial charge is 0.136 e. The molecule has 0 aliphatic heterocycles. The number of hydrogen-bond donors (Lipinski definition) is 1. The number of aliphatic hydroxyl groups is 1. The summed E-state index contributed by atoms with van der Waals surface area (Å²) in [4.78, 5) is 12.7. The number of carbonyl (C=O) groups excluding carboxylic acids is 1. The molecule has 4 aliphatic rings. The molecule has 4 saturated carbocycles. The predicted octanol–water partition coefficient (Wildman–Crippen LogP) is 7.74. The molecular weight excluding hydrogens is 392 g/mol. The van der Waals surface area contributed by atoms with Gasteiger partial charge in [0.2, 0.25) is 0 Å². The van der Waals surface area contributed by atoms with Crippen LogP contribution in [0.25, 0.3) is 0 Å². The topological polar surface area (TPSA) is 37.3 Å². The lowest BCUT2D eigenvalue weighted by Gasteiger charge is -2.72. The summed E-state index contributed by atoms with van der Waals surface area (Å²) < 4.78 is 0. The maximum atomic E-state index is 12.7. The molecule has 4 fully saturated rings. The van der Waals surface area contributed by atoms with Gasteiger partial charge in [0, 0.05) is 12.3 Å². The summed E-state index contributed by atoms with van der Waals surface area (Å²) in [6.07, 6.45) is 12.6. The van der Waals surface area contributed by atoms with Crippen molar-refractivity contribution < 1.29 is 9.90 Å². The van der Waals surface area contributed by atoms with Crippen LogP contribution in [0.1, 0.15) is 119 Å². The zero-order valence-electron chi connectivity index (χ0n) is 22.2. The minimum atomic E-state index is -0.352. The van der Waals surface area contributed by atoms with Crippen molar-refractivity contribution in [3.63, 3.8) is 0 Å². The van der Waals surface area contributed by atoms with E-state index in [0.29, 0.717) is 33.4 Å². The van der Waals surface area contributed by atoms with Gasteiger partial charge in [0.25, 0.3) is 0 Å². The van der Waals surface area contributed by atoms with Gasteiger partial charge in [-0.1, -0.05) is 53.7 Å². The Balaban J connectivity index is 1.59. The second-order valence-electron chi connectivity index (χ2n) is 14.2. The molecular formula is C30H50O2. The third-order valence-electron chi connectivity index (χ3n) is 12.5. The number of aliphatic hydroxyl groups excluding tert-OH is 1. The average molecular weight is 443 g/mol. The fourth-order valence-corrected chi connectivity index (χ4v) is 9.95. The van der Waals surface area contributed by atoms with E-state index in [2.05, 4.69) is 48.1 Å². The van der Waals surface area contributed by atoms with Crippen LogP contribution in [0.5, 0.6) is 0 Å². The van der Waals surface area contributed by atoms with E-state index in [1.165, 1.54) is 44.9 Å². The van der Waals surface area contributed by atoms with Crippen molar-refractivity contribution in [1.82, 2.24) is 0 Å². The molecule has 0 spiro atoms. The maximum absolute atomic E-state index is 12.7. The molecule has 4 rings (SSSR count). The van der Waals surface area contributed by atoms with Crippen LogP contribution in [0.2, 0.25) is 0 Å². The molecule has 0 unspecified atom stereocenters. The van der Waals surface area contributed by atoms with Crippen LogP contribution in [0.3, 0.4) is 0 Å². The molecule has 0 radical (unpaired) electrons. The number of carbonyl (C=O) groups is 1. The standard InChI is InChI=1S/C30H50O2/c1-20(2)22(31)11-13-26(4)15-18-30(8)25-12-14-28(6)21(3)23(32)9-10-24(28)29(25,7)17-16-27(30,5)19-26/h21-22,24-25,31H,1,9-19H2,2-8H3/t21-,22+,24+,25-,26+,27-,28+,29-,30+/m0/s1. The van der Waals surface area contributed by atoms with Crippen molar-refractivity contribution in [1.29, 1.82) is 0 Å². The van der Waals surface area contributed by atoms with Gasteiger partial charge in [-0.3, -0.25) is 4.79 Å². The summed E-state index contributed by atoms with van der Waals surface area (Å²) >= 11 is 0. The van der Waals surface area contributed by atoms with E-state index in [9.17, 15) is 9.90 Å². The van der Waals surface area contributed by atoms with E-state index in [0.717, 1.165) is 37.2 Å². The molecule has 2 heteroatoms. The van der Waals surface area contributed by atoms with E-state index in [-0.39, 0.29) is 17.4 Å². The lowest BCUT2D eigenvalue weighted by atomic mass is 9.33. The summed E-state index contributed by atoms with van der Waals surface area (Å²) in [6.45, 7) is 21.0. The van der Waals surface area contributed by atoms with Crippen molar-refractivity contribution in [2.75, 3.05) is 0 Å². The third kappa shape index (κ3) is 3.40. The molecule has 0 aromatic rings. The van der Waals surface area contributed by atoms with Crippen LogP contribution in [0.15, 0.2) is 12.2 Å². The summed E-state index contributed by atoms with van der Waals surface area (Å²) in [6, 6.07) is 0. The van der Waals surface area contributed by atoms with Gasteiger partial charge in [-0.05, 0) is 110 Å². The fraction of sp³-hybridized carbons (Fsp3) is 0.900. The first-order valence-corrected chi connectivity index (χ1v) is 13.6. The lowest BCUT2D eigenvalue weighted by molar-refractivity contribution is -0.225. The molecule has 1 N–H and O–H groups in total. The average Bonchev–Trinajstić information content (AvgIpc) is 2.71. The molecule has 0 bridgehead atoms. The molecule has 0 heterocycles. The largest absolute Gasteiger partial charge is 0.389 e. The Labute approximate surface area is 198 Å². The minimum absolute atomic E-state index is 0.201. The molecule has 0 aromatic heterocycles. The Hall–Kier alpha value is -0.630. The van der Waals surface area contributed by atoms with Gasteiger partial charge in [0.05, 0.1) is 6.10 Å². The normalized spacial score (nSPS) is 51.9. The second-order valence-corrected chi connectivity index (χ2v) is 14.2. The van der Waals surface area contributed by atoms with Crippen LogP contribution in [-0.2, 0) is 4.79 Å². The Kier molecular flexibility index (Phi) is 5.89. The van der Waals surface area contributed by atoms with Gasteiger partial charge < -0.3 is 5.11 Å². The van der Waals surface area contributed by atoms with Crippen molar-refractivity contribution in [2.45, 2.75) is 125 Å². The molecule has 0 saturated heterocycles. The fourth-order valence-electron chi connectivity index (χ4n) is 9.95. The van der Waals surface area contributed by atoms with E-state index in [1.54, 1.807) is 0 Å². The lowest BCUT2D eigenvalue weighted by Crippen LogP contribution is -2.64. The Morgan fingerprint density at radius 1 is 1.00 bits per heavy atom. The molecule has 0 amide bonds. The van der Waals surface area contributed by atoms with Crippen LogP contribution in [0.4, 0.5) is 0 Å². The Morgan fingerprint density at radius 2 is 1.69 bits per heavy atom. The van der Waals surface area contributed by atoms with Crippen molar-refractivity contribution in [2.24, 2.45) is 44.8 Å². The van der Waals surface area contributed by atoms with E-state index in [4.69, 9.17) is 0 Å². The van der Waals surface area contributed by atoms with Gasteiger partial charge in [0.15, 0.2) is 0 Å². The first-order valence-electron chi connectivity index (χ1n) is 13.6. The van der Waals surface area contributed by atoms with Gasteiger partial charge in [-0.2, -0.15) is 0 Å². The monoisotopic (exact) mass is 442 g/mol. The van der Waals surface area contributed by atoms with E-state index < -0.39 is 0 Å². The van der Waals surface area contributed by atoms with E-state index in [1.807, 2.05) is 6.92 Å². The molecule has 2 nitrogen and oxygen atoms in total. The quantitative estimate of drug-likeness (QED) is 0.452. The maximum Gasteiger partial charge on any atom is 0.136 e. The van der Waals surface area contributed by atoms with Crippen molar-refractivity contribution in [3.8, 4) is 0 Å². The first-order chi connectivity index (χ1) is 14.7.